The predicted molar refractivity (Wildman–Crippen MR) is 104 cm³/mol. The van der Waals surface area contributed by atoms with Gasteiger partial charge < -0.3 is 4.74 Å². The summed E-state index contributed by atoms with van der Waals surface area (Å²) in [5, 5.41) is 10.5. The summed E-state index contributed by atoms with van der Waals surface area (Å²) in [6.45, 7) is 2.21. The summed E-state index contributed by atoms with van der Waals surface area (Å²) < 4.78 is 7.61. The van der Waals surface area contributed by atoms with E-state index in [-0.39, 0.29) is 11.8 Å². The Bertz CT molecular complexity index is 879. The van der Waals surface area contributed by atoms with Crippen LogP contribution in [0.15, 0.2) is 53.0 Å². The molecule has 0 aliphatic carbocycles. The summed E-state index contributed by atoms with van der Waals surface area (Å²) in [7, 11) is 1.67. The first-order valence-corrected chi connectivity index (χ1v) is 9.43. The molecule has 0 fully saturated rings. The molecule has 4 heteroatoms. The van der Waals surface area contributed by atoms with Gasteiger partial charge in [-0.3, -0.25) is 0 Å². The van der Waals surface area contributed by atoms with Crippen LogP contribution in [0, 0.1) is 11.3 Å². The second kappa shape index (κ2) is 7.38. The van der Waals surface area contributed by atoms with Crippen molar-refractivity contribution in [3.63, 3.8) is 0 Å². The van der Waals surface area contributed by atoms with E-state index in [2.05, 4.69) is 65.3 Å². The van der Waals surface area contributed by atoms with Gasteiger partial charge in [0.25, 0.3) is 0 Å². The average Bonchev–Trinajstić information content (AvgIpc) is 3.02. The van der Waals surface area contributed by atoms with E-state index in [0.29, 0.717) is 6.42 Å². The van der Waals surface area contributed by atoms with Crippen LogP contribution in [0.2, 0.25) is 0 Å². The normalized spacial score (nSPS) is 13.4. The highest BCUT2D eigenvalue weighted by Crippen LogP contribution is 2.41. The first-order chi connectivity index (χ1) is 11.6. The van der Waals surface area contributed by atoms with Crippen molar-refractivity contribution in [2.45, 2.75) is 25.2 Å². The number of fused-ring (bicyclic) bond motifs is 1. The maximum atomic E-state index is 9.29. The molecular formula is C20H18BrNOS. The van der Waals surface area contributed by atoms with Crippen LogP contribution in [-0.4, -0.2) is 7.11 Å². The second-order valence-corrected chi connectivity index (χ2v) is 7.89. The first kappa shape index (κ1) is 17.0. The summed E-state index contributed by atoms with van der Waals surface area (Å²) in [6.07, 6.45) is 0.505. The summed E-state index contributed by atoms with van der Waals surface area (Å²) in [5.74, 6) is 1.31. The number of rotatable bonds is 5. The predicted octanol–water partition coefficient (Wildman–Crippen LogP) is 6.47. The molecule has 2 aromatic carbocycles. The highest BCUT2D eigenvalue weighted by molar-refractivity contribution is 9.10. The molecule has 2 unspecified atom stereocenters. The number of nitrogens with zero attached hydrogens (tertiary/aromatic N) is 1. The monoisotopic (exact) mass is 399 g/mol. The Balaban J connectivity index is 1.95. The quantitative estimate of drug-likeness (QED) is 0.492. The summed E-state index contributed by atoms with van der Waals surface area (Å²) >= 11 is 5.35. The van der Waals surface area contributed by atoms with Gasteiger partial charge in [-0.15, -0.1) is 11.3 Å². The summed E-state index contributed by atoms with van der Waals surface area (Å²) in [6, 6.07) is 19.0. The van der Waals surface area contributed by atoms with Gasteiger partial charge >= 0.3 is 0 Å². The fourth-order valence-electron chi connectivity index (χ4n) is 2.99. The molecule has 0 saturated heterocycles. The number of halogens is 1. The first-order valence-electron chi connectivity index (χ1n) is 7.82. The lowest BCUT2D eigenvalue weighted by Gasteiger charge is -2.21. The lowest BCUT2D eigenvalue weighted by Crippen LogP contribution is -2.07. The molecule has 2 atom stereocenters. The SMILES string of the molecule is COc1ccc(C(CC#N)C(C)c2cc3cc(Br)ccc3s2)cc1. The number of benzene rings is 2. The van der Waals surface area contributed by atoms with E-state index in [9.17, 15) is 5.26 Å². The van der Waals surface area contributed by atoms with Crippen molar-refractivity contribution < 1.29 is 4.74 Å². The molecule has 0 aliphatic heterocycles. The molecule has 0 N–H and O–H groups in total. The second-order valence-electron chi connectivity index (χ2n) is 5.86. The van der Waals surface area contributed by atoms with Gasteiger partial charge in [0.2, 0.25) is 0 Å². The molecular weight excluding hydrogens is 382 g/mol. The van der Waals surface area contributed by atoms with E-state index in [1.807, 2.05) is 23.5 Å². The largest absolute Gasteiger partial charge is 0.497 e. The van der Waals surface area contributed by atoms with Crippen LogP contribution in [0.25, 0.3) is 10.1 Å². The van der Waals surface area contributed by atoms with E-state index in [1.165, 1.54) is 20.5 Å². The van der Waals surface area contributed by atoms with Crippen LogP contribution >= 0.6 is 27.3 Å². The minimum absolute atomic E-state index is 0.178. The van der Waals surface area contributed by atoms with Gasteiger partial charge in [0.1, 0.15) is 5.75 Å². The number of thiophene rings is 1. The smallest absolute Gasteiger partial charge is 0.118 e. The van der Waals surface area contributed by atoms with E-state index in [0.717, 1.165) is 10.2 Å². The maximum absolute atomic E-state index is 9.29. The molecule has 1 heterocycles. The van der Waals surface area contributed by atoms with Crippen molar-refractivity contribution in [1.82, 2.24) is 0 Å². The minimum atomic E-state index is 0.178. The van der Waals surface area contributed by atoms with Crippen molar-refractivity contribution >= 4 is 37.4 Å². The van der Waals surface area contributed by atoms with E-state index < -0.39 is 0 Å². The van der Waals surface area contributed by atoms with Gasteiger partial charge in [-0.05, 0) is 53.3 Å². The van der Waals surface area contributed by atoms with Crippen LogP contribution in [0.4, 0.5) is 0 Å². The number of hydrogen-bond donors (Lipinski definition) is 0. The highest BCUT2D eigenvalue weighted by atomic mass is 79.9. The number of nitriles is 1. The Kier molecular flexibility index (Phi) is 5.23. The molecule has 0 spiro atoms. The molecule has 0 aliphatic rings. The van der Waals surface area contributed by atoms with E-state index in [4.69, 9.17) is 4.74 Å². The Morgan fingerprint density at radius 2 is 1.92 bits per heavy atom. The van der Waals surface area contributed by atoms with Crippen molar-refractivity contribution in [1.29, 1.82) is 5.26 Å². The Morgan fingerprint density at radius 3 is 2.58 bits per heavy atom. The van der Waals surface area contributed by atoms with Crippen molar-refractivity contribution in [2.75, 3.05) is 7.11 Å². The van der Waals surface area contributed by atoms with Crippen LogP contribution in [0.5, 0.6) is 5.75 Å². The summed E-state index contributed by atoms with van der Waals surface area (Å²) in [5.41, 5.74) is 1.18. The van der Waals surface area contributed by atoms with Crippen molar-refractivity contribution in [3.05, 3.63) is 63.4 Å². The molecule has 3 aromatic rings. The number of hydrogen-bond acceptors (Lipinski definition) is 3. The average molecular weight is 400 g/mol. The fraction of sp³-hybridized carbons (Fsp3) is 0.250. The van der Waals surface area contributed by atoms with Gasteiger partial charge in [0.15, 0.2) is 0 Å². The Morgan fingerprint density at radius 1 is 1.17 bits per heavy atom. The lowest BCUT2D eigenvalue weighted by atomic mass is 9.84. The third-order valence-electron chi connectivity index (χ3n) is 4.40. The van der Waals surface area contributed by atoms with Crippen LogP contribution in [0.1, 0.15) is 35.6 Å². The molecule has 0 amide bonds. The van der Waals surface area contributed by atoms with Crippen LogP contribution in [-0.2, 0) is 0 Å². The zero-order chi connectivity index (χ0) is 17.1. The number of ether oxygens (including phenoxy) is 1. The van der Waals surface area contributed by atoms with Crippen molar-refractivity contribution in [2.24, 2.45) is 0 Å². The molecule has 3 rings (SSSR count). The summed E-state index contributed by atoms with van der Waals surface area (Å²) in [4.78, 5) is 1.32. The van der Waals surface area contributed by atoms with E-state index in [1.54, 1.807) is 7.11 Å². The molecule has 0 saturated carbocycles. The third-order valence-corrected chi connectivity index (χ3v) is 6.22. The highest BCUT2D eigenvalue weighted by Gasteiger charge is 2.22. The van der Waals surface area contributed by atoms with E-state index >= 15 is 0 Å². The van der Waals surface area contributed by atoms with Gasteiger partial charge in [-0.2, -0.15) is 5.26 Å². The van der Waals surface area contributed by atoms with Gasteiger partial charge in [-0.1, -0.05) is 35.0 Å². The fourth-order valence-corrected chi connectivity index (χ4v) is 4.53. The molecule has 122 valence electrons. The third kappa shape index (κ3) is 3.48. The van der Waals surface area contributed by atoms with Gasteiger partial charge in [0, 0.05) is 26.4 Å². The van der Waals surface area contributed by atoms with Gasteiger partial charge in [-0.25, -0.2) is 0 Å². The Hall–Kier alpha value is -1.83. The zero-order valence-electron chi connectivity index (χ0n) is 13.6. The van der Waals surface area contributed by atoms with Crippen LogP contribution < -0.4 is 4.74 Å². The molecule has 1 aromatic heterocycles. The molecule has 24 heavy (non-hydrogen) atoms. The number of methoxy groups -OCH3 is 1. The Labute approximate surface area is 154 Å². The molecule has 2 nitrogen and oxygen atoms in total. The zero-order valence-corrected chi connectivity index (χ0v) is 16.0. The standard InChI is InChI=1S/C20H18BrNOS/c1-13(20-12-15-11-16(21)5-8-19(15)24-20)18(9-10-22)14-3-6-17(23-2)7-4-14/h3-8,11-13,18H,9H2,1-2H3. The molecule has 0 bridgehead atoms. The molecule has 0 radical (unpaired) electrons. The lowest BCUT2D eigenvalue weighted by molar-refractivity contribution is 0.414. The maximum Gasteiger partial charge on any atom is 0.118 e. The topological polar surface area (TPSA) is 33.0 Å². The van der Waals surface area contributed by atoms with Crippen molar-refractivity contribution in [3.8, 4) is 11.8 Å². The van der Waals surface area contributed by atoms with Gasteiger partial charge in [0.05, 0.1) is 13.2 Å². The van der Waals surface area contributed by atoms with Crippen LogP contribution in [0.3, 0.4) is 0 Å². The minimum Gasteiger partial charge on any atom is -0.497 e.